The van der Waals surface area contributed by atoms with Gasteiger partial charge in [-0.05, 0) is 53.2 Å². The highest BCUT2D eigenvalue weighted by Crippen LogP contribution is 2.33. The van der Waals surface area contributed by atoms with Crippen molar-refractivity contribution in [2.45, 2.75) is 13.1 Å². The Morgan fingerprint density at radius 1 is 1.00 bits per heavy atom. The van der Waals surface area contributed by atoms with Crippen LogP contribution in [0.1, 0.15) is 27.2 Å². The summed E-state index contributed by atoms with van der Waals surface area (Å²) in [5, 5.41) is 2.49. The first kappa shape index (κ1) is 19.7. The summed E-state index contributed by atoms with van der Waals surface area (Å²) in [6.07, 6.45) is 3.22. The molecule has 3 aromatic rings. The Kier molecular flexibility index (Phi) is 5.81. The molecule has 0 aliphatic carbocycles. The number of nitrogens with zero attached hydrogens (tertiary/aromatic N) is 1. The summed E-state index contributed by atoms with van der Waals surface area (Å²) >= 11 is 0.922. The van der Waals surface area contributed by atoms with Crippen LogP contribution in [0.3, 0.4) is 0 Å². The maximum atomic E-state index is 12.6. The molecule has 1 aliphatic rings. The zero-order valence-corrected chi connectivity index (χ0v) is 16.7. The monoisotopic (exact) mass is 418 g/mol. The molecule has 4 rings (SSSR count). The highest BCUT2D eigenvalue weighted by Gasteiger charge is 2.34. The van der Waals surface area contributed by atoms with Crippen LogP contribution >= 0.6 is 11.8 Å². The summed E-state index contributed by atoms with van der Waals surface area (Å²) < 4.78 is 5.19. The molecule has 6 nitrogen and oxygen atoms in total. The van der Waals surface area contributed by atoms with Gasteiger partial charge in [-0.3, -0.25) is 19.3 Å². The number of hydrogen-bond acceptors (Lipinski definition) is 5. The standard InChI is InChI=1S/C23H18N2O4S/c26-21(24-14-19-7-4-12-29-19)18-10-8-16(9-11-18)13-20-22(27)25(23(28)30-20)15-17-5-2-1-3-6-17/h1-13H,14-15H2,(H,24,26)/b20-13-. The normalized spacial score (nSPS) is 15.1. The predicted octanol–water partition coefficient (Wildman–Crippen LogP) is 4.45. The third-order valence-corrected chi connectivity index (χ3v) is 5.44. The summed E-state index contributed by atoms with van der Waals surface area (Å²) in [5.41, 5.74) is 2.13. The summed E-state index contributed by atoms with van der Waals surface area (Å²) in [6.45, 7) is 0.555. The summed E-state index contributed by atoms with van der Waals surface area (Å²) in [5.74, 6) is 0.140. The van der Waals surface area contributed by atoms with E-state index in [1.807, 2.05) is 30.3 Å². The lowest BCUT2D eigenvalue weighted by molar-refractivity contribution is -0.123. The van der Waals surface area contributed by atoms with Crippen molar-refractivity contribution in [3.05, 3.63) is 100 Å². The van der Waals surface area contributed by atoms with Gasteiger partial charge in [0.05, 0.1) is 24.3 Å². The van der Waals surface area contributed by atoms with E-state index in [2.05, 4.69) is 5.32 Å². The Hall–Kier alpha value is -3.58. The van der Waals surface area contributed by atoms with Crippen molar-refractivity contribution in [3.63, 3.8) is 0 Å². The van der Waals surface area contributed by atoms with E-state index in [0.29, 0.717) is 22.8 Å². The number of imide groups is 1. The molecule has 0 spiro atoms. The minimum absolute atomic E-state index is 0.221. The summed E-state index contributed by atoms with van der Waals surface area (Å²) in [6, 6.07) is 19.8. The van der Waals surface area contributed by atoms with Crippen molar-refractivity contribution in [1.82, 2.24) is 10.2 Å². The molecule has 1 N–H and O–H groups in total. The Labute approximate surface area is 177 Å². The Bertz CT molecular complexity index is 1090. The van der Waals surface area contributed by atoms with Crippen LogP contribution in [-0.4, -0.2) is 22.0 Å². The van der Waals surface area contributed by atoms with Crippen LogP contribution in [0.5, 0.6) is 0 Å². The zero-order valence-electron chi connectivity index (χ0n) is 15.9. The van der Waals surface area contributed by atoms with Crippen LogP contribution < -0.4 is 5.32 Å². The van der Waals surface area contributed by atoms with Crippen LogP contribution in [0, 0.1) is 0 Å². The van der Waals surface area contributed by atoms with E-state index in [0.717, 1.165) is 22.9 Å². The van der Waals surface area contributed by atoms with Gasteiger partial charge in [0.15, 0.2) is 0 Å². The first-order valence-electron chi connectivity index (χ1n) is 9.30. The average molecular weight is 418 g/mol. The molecule has 30 heavy (non-hydrogen) atoms. The van der Waals surface area contributed by atoms with Gasteiger partial charge in [-0.2, -0.15) is 0 Å². The number of hydrogen-bond donors (Lipinski definition) is 1. The molecule has 0 radical (unpaired) electrons. The molecular weight excluding hydrogens is 400 g/mol. The van der Waals surface area contributed by atoms with Crippen LogP contribution in [0.15, 0.2) is 82.3 Å². The molecule has 1 aliphatic heterocycles. The Morgan fingerprint density at radius 2 is 1.77 bits per heavy atom. The van der Waals surface area contributed by atoms with E-state index >= 15 is 0 Å². The molecule has 0 bridgehead atoms. The van der Waals surface area contributed by atoms with Gasteiger partial charge in [-0.15, -0.1) is 0 Å². The topological polar surface area (TPSA) is 79.6 Å². The van der Waals surface area contributed by atoms with E-state index in [4.69, 9.17) is 4.42 Å². The number of carbonyl (C=O) groups is 3. The summed E-state index contributed by atoms with van der Waals surface area (Å²) in [4.78, 5) is 38.7. The number of benzene rings is 2. The van der Waals surface area contributed by atoms with Gasteiger partial charge in [0.25, 0.3) is 17.1 Å². The number of amides is 3. The maximum Gasteiger partial charge on any atom is 0.293 e. The quantitative estimate of drug-likeness (QED) is 0.599. The molecule has 1 aromatic heterocycles. The van der Waals surface area contributed by atoms with Crippen molar-refractivity contribution < 1.29 is 18.8 Å². The molecule has 2 heterocycles. The molecule has 2 aromatic carbocycles. The summed E-state index contributed by atoms with van der Waals surface area (Å²) in [7, 11) is 0. The van der Waals surface area contributed by atoms with E-state index in [1.54, 1.807) is 48.7 Å². The van der Waals surface area contributed by atoms with Crippen LogP contribution in [0.25, 0.3) is 6.08 Å². The number of carbonyl (C=O) groups excluding carboxylic acids is 3. The lowest BCUT2D eigenvalue weighted by atomic mass is 10.1. The Balaban J connectivity index is 1.41. The fourth-order valence-electron chi connectivity index (χ4n) is 2.97. The fourth-order valence-corrected chi connectivity index (χ4v) is 3.81. The minimum Gasteiger partial charge on any atom is -0.467 e. The lowest BCUT2D eigenvalue weighted by Crippen LogP contribution is -2.27. The molecule has 1 saturated heterocycles. The molecule has 1 fully saturated rings. The molecular formula is C23H18N2O4S. The van der Waals surface area contributed by atoms with Gasteiger partial charge in [0.2, 0.25) is 0 Å². The third kappa shape index (κ3) is 4.52. The van der Waals surface area contributed by atoms with Crippen molar-refractivity contribution in [1.29, 1.82) is 0 Å². The van der Waals surface area contributed by atoms with Gasteiger partial charge in [0, 0.05) is 5.56 Å². The Morgan fingerprint density at radius 3 is 2.47 bits per heavy atom. The largest absolute Gasteiger partial charge is 0.467 e. The number of rotatable bonds is 6. The van der Waals surface area contributed by atoms with Crippen molar-refractivity contribution in [2.75, 3.05) is 0 Å². The molecule has 3 amide bonds. The second kappa shape index (κ2) is 8.84. The molecule has 0 unspecified atom stereocenters. The smallest absolute Gasteiger partial charge is 0.293 e. The van der Waals surface area contributed by atoms with Crippen LogP contribution in [0.4, 0.5) is 4.79 Å². The first-order valence-corrected chi connectivity index (χ1v) is 10.1. The highest BCUT2D eigenvalue weighted by molar-refractivity contribution is 8.18. The van der Waals surface area contributed by atoms with E-state index in [-0.39, 0.29) is 23.6 Å². The first-order chi connectivity index (χ1) is 14.6. The van der Waals surface area contributed by atoms with Crippen molar-refractivity contribution in [3.8, 4) is 0 Å². The second-order valence-corrected chi connectivity index (χ2v) is 7.63. The van der Waals surface area contributed by atoms with Gasteiger partial charge in [-0.1, -0.05) is 42.5 Å². The minimum atomic E-state index is -0.311. The molecule has 150 valence electrons. The number of nitrogens with one attached hydrogen (secondary N) is 1. The predicted molar refractivity (Wildman–Crippen MR) is 114 cm³/mol. The third-order valence-electron chi connectivity index (χ3n) is 4.53. The zero-order chi connectivity index (χ0) is 20.9. The maximum absolute atomic E-state index is 12.6. The van der Waals surface area contributed by atoms with E-state index in [9.17, 15) is 14.4 Å². The van der Waals surface area contributed by atoms with Crippen molar-refractivity contribution in [2.24, 2.45) is 0 Å². The SMILES string of the molecule is O=C(NCc1ccco1)c1ccc(/C=C2\SC(=O)N(Cc3ccccc3)C2=O)cc1. The second-order valence-electron chi connectivity index (χ2n) is 6.64. The molecule has 0 atom stereocenters. The fraction of sp³-hybridized carbons (Fsp3) is 0.0870. The van der Waals surface area contributed by atoms with Crippen molar-refractivity contribution >= 4 is 34.9 Å². The van der Waals surface area contributed by atoms with Gasteiger partial charge < -0.3 is 9.73 Å². The molecule has 7 heteroatoms. The lowest BCUT2D eigenvalue weighted by Gasteiger charge is -2.12. The van der Waals surface area contributed by atoms with Gasteiger partial charge in [-0.25, -0.2) is 0 Å². The van der Waals surface area contributed by atoms with Crippen LogP contribution in [0.2, 0.25) is 0 Å². The average Bonchev–Trinajstić information content (AvgIpc) is 3.38. The number of furan rings is 1. The van der Waals surface area contributed by atoms with Gasteiger partial charge in [0.1, 0.15) is 5.76 Å². The van der Waals surface area contributed by atoms with E-state index in [1.165, 1.54) is 4.90 Å². The van der Waals surface area contributed by atoms with E-state index < -0.39 is 0 Å². The molecule has 0 saturated carbocycles. The van der Waals surface area contributed by atoms with Gasteiger partial charge >= 0.3 is 0 Å². The highest BCUT2D eigenvalue weighted by atomic mass is 32.2. The van der Waals surface area contributed by atoms with Crippen LogP contribution in [-0.2, 0) is 17.9 Å². The number of thioether (sulfide) groups is 1.